The highest BCUT2D eigenvalue weighted by atomic mass is 16.1. The summed E-state index contributed by atoms with van der Waals surface area (Å²) in [6.45, 7) is 5.00. The van der Waals surface area contributed by atoms with Crippen molar-refractivity contribution in [1.82, 2.24) is 14.9 Å². The molecule has 2 N–H and O–H groups in total. The van der Waals surface area contributed by atoms with Gasteiger partial charge in [0.05, 0.1) is 11.0 Å². The van der Waals surface area contributed by atoms with Crippen LogP contribution in [0.2, 0.25) is 0 Å². The third-order valence-electron chi connectivity index (χ3n) is 3.77. The third kappa shape index (κ3) is 2.08. The highest BCUT2D eigenvalue weighted by Gasteiger charge is 2.16. The van der Waals surface area contributed by atoms with Gasteiger partial charge in [-0.2, -0.15) is 0 Å². The van der Waals surface area contributed by atoms with Gasteiger partial charge in [0.1, 0.15) is 0 Å². The second-order valence-electron chi connectivity index (χ2n) is 5.27. The maximum Gasteiger partial charge on any atom is 0.326 e. The van der Waals surface area contributed by atoms with E-state index < -0.39 is 0 Å². The van der Waals surface area contributed by atoms with Gasteiger partial charge in [-0.1, -0.05) is 6.07 Å². The first-order valence-electron chi connectivity index (χ1n) is 6.64. The number of hydrogen-bond acceptors (Lipinski definition) is 2. The summed E-state index contributed by atoms with van der Waals surface area (Å²) >= 11 is 0. The fourth-order valence-electron chi connectivity index (χ4n) is 2.78. The zero-order valence-corrected chi connectivity index (χ0v) is 10.7. The normalized spacial score (nSPS) is 20.4. The average molecular weight is 245 g/mol. The molecule has 0 saturated carbocycles. The van der Waals surface area contributed by atoms with E-state index in [1.807, 2.05) is 16.7 Å². The van der Waals surface area contributed by atoms with Gasteiger partial charge in [0.2, 0.25) is 0 Å². The summed E-state index contributed by atoms with van der Waals surface area (Å²) in [5.74, 6) is 0.566. The van der Waals surface area contributed by atoms with Crippen LogP contribution in [0.15, 0.2) is 23.0 Å². The molecule has 1 atom stereocenters. The Morgan fingerprint density at radius 2 is 2.33 bits per heavy atom. The van der Waals surface area contributed by atoms with Gasteiger partial charge < -0.3 is 10.3 Å². The Balaban J connectivity index is 1.97. The van der Waals surface area contributed by atoms with Gasteiger partial charge in [-0.3, -0.25) is 4.57 Å². The molecule has 0 spiro atoms. The molecule has 1 aliphatic heterocycles. The Labute approximate surface area is 106 Å². The SMILES string of the molecule is Cc1ccc2[nH]c(=O)n(CC3CCCNC3)c2c1. The topological polar surface area (TPSA) is 49.8 Å². The molecular weight excluding hydrogens is 226 g/mol. The molecule has 1 aliphatic rings. The van der Waals surface area contributed by atoms with E-state index in [-0.39, 0.29) is 5.69 Å². The zero-order valence-electron chi connectivity index (χ0n) is 10.7. The van der Waals surface area contributed by atoms with Crippen molar-refractivity contribution in [2.45, 2.75) is 26.3 Å². The molecule has 96 valence electrons. The second kappa shape index (κ2) is 4.61. The lowest BCUT2D eigenvalue weighted by Gasteiger charge is -2.22. The molecule has 2 heterocycles. The molecule has 0 bridgehead atoms. The summed E-state index contributed by atoms with van der Waals surface area (Å²) in [6, 6.07) is 6.11. The minimum atomic E-state index is 0.0150. The standard InChI is InChI=1S/C14H19N3O/c1-10-4-5-12-13(7-10)17(14(18)16-12)9-11-3-2-6-15-8-11/h4-5,7,11,15H,2-3,6,8-9H2,1H3,(H,16,18). The average Bonchev–Trinajstić information content (AvgIpc) is 2.67. The van der Waals surface area contributed by atoms with Crippen LogP contribution in [0.1, 0.15) is 18.4 Å². The molecule has 4 heteroatoms. The molecule has 0 radical (unpaired) electrons. The van der Waals surface area contributed by atoms with Gasteiger partial charge in [0, 0.05) is 6.54 Å². The van der Waals surface area contributed by atoms with Crippen LogP contribution in [0.4, 0.5) is 0 Å². The number of nitrogens with zero attached hydrogens (tertiary/aromatic N) is 1. The van der Waals surface area contributed by atoms with E-state index in [4.69, 9.17) is 0 Å². The summed E-state index contributed by atoms with van der Waals surface area (Å²) in [5, 5.41) is 3.40. The van der Waals surface area contributed by atoms with Crippen molar-refractivity contribution >= 4 is 11.0 Å². The van der Waals surface area contributed by atoms with Gasteiger partial charge in [0.15, 0.2) is 0 Å². The highest BCUT2D eigenvalue weighted by Crippen LogP contribution is 2.17. The minimum absolute atomic E-state index is 0.0150. The lowest BCUT2D eigenvalue weighted by molar-refractivity contribution is 0.337. The maximum atomic E-state index is 12.0. The van der Waals surface area contributed by atoms with E-state index in [1.54, 1.807) is 0 Å². The van der Waals surface area contributed by atoms with Crippen molar-refractivity contribution in [1.29, 1.82) is 0 Å². The summed E-state index contributed by atoms with van der Waals surface area (Å²) in [6.07, 6.45) is 2.42. The van der Waals surface area contributed by atoms with Crippen molar-refractivity contribution in [3.8, 4) is 0 Å². The number of aryl methyl sites for hydroxylation is 1. The molecular formula is C14H19N3O. The number of rotatable bonds is 2. The smallest absolute Gasteiger partial charge is 0.316 e. The first-order valence-corrected chi connectivity index (χ1v) is 6.64. The van der Waals surface area contributed by atoms with E-state index in [1.165, 1.54) is 18.4 Å². The Morgan fingerprint density at radius 3 is 3.11 bits per heavy atom. The van der Waals surface area contributed by atoms with Gasteiger partial charge in [-0.25, -0.2) is 4.79 Å². The highest BCUT2D eigenvalue weighted by molar-refractivity contribution is 5.75. The number of aromatic amines is 1. The fourth-order valence-corrected chi connectivity index (χ4v) is 2.78. The number of hydrogen-bond donors (Lipinski definition) is 2. The molecule has 1 aromatic heterocycles. The summed E-state index contributed by atoms with van der Waals surface area (Å²) in [4.78, 5) is 14.9. The van der Waals surface area contributed by atoms with E-state index >= 15 is 0 Å². The molecule has 1 saturated heterocycles. The quantitative estimate of drug-likeness (QED) is 0.845. The van der Waals surface area contributed by atoms with Crippen LogP contribution < -0.4 is 11.0 Å². The Hall–Kier alpha value is -1.55. The van der Waals surface area contributed by atoms with Crippen molar-refractivity contribution < 1.29 is 0 Å². The Morgan fingerprint density at radius 1 is 1.44 bits per heavy atom. The number of fused-ring (bicyclic) bond motifs is 1. The maximum absolute atomic E-state index is 12.0. The van der Waals surface area contributed by atoms with Crippen LogP contribution in [-0.2, 0) is 6.54 Å². The Bertz CT molecular complexity index is 605. The zero-order chi connectivity index (χ0) is 12.5. The summed E-state index contributed by atoms with van der Waals surface area (Å²) in [7, 11) is 0. The fraction of sp³-hybridized carbons (Fsp3) is 0.500. The monoisotopic (exact) mass is 245 g/mol. The van der Waals surface area contributed by atoms with Crippen molar-refractivity contribution in [2.24, 2.45) is 5.92 Å². The summed E-state index contributed by atoms with van der Waals surface area (Å²) in [5.41, 5.74) is 3.18. The Kier molecular flexibility index (Phi) is 2.96. The van der Waals surface area contributed by atoms with Gasteiger partial charge in [-0.15, -0.1) is 0 Å². The molecule has 0 aliphatic carbocycles. The minimum Gasteiger partial charge on any atom is -0.316 e. The molecule has 2 aromatic rings. The second-order valence-corrected chi connectivity index (χ2v) is 5.27. The van der Waals surface area contributed by atoms with Crippen LogP contribution in [0.25, 0.3) is 11.0 Å². The predicted molar refractivity (Wildman–Crippen MR) is 72.9 cm³/mol. The molecule has 1 unspecified atom stereocenters. The number of piperidine rings is 1. The third-order valence-corrected chi connectivity index (χ3v) is 3.77. The lowest BCUT2D eigenvalue weighted by Crippen LogP contribution is -2.34. The van der Waals surface area contributed by atoms with E-state index in [2.05, 4.69) is 23.3 Å². The number of benzene rings is 1. The predicted octanol–water partition coefficient (Wildman–Crippen LogP) is 1.64. The van der Waals surface area contributed by atoms with Gasteiger partial charge >= 0.3 is 5.69 Å². The molecule has 3 rings (SSSR count). The van der Waals surface area contributed by atoms with Gasteiger partial charge in [-0.05, 0) is 56.5 Å². The molecule has 18 heavy (non-hydrogen) atoms. The lowest BCUT2D eigenvalue weighted by atomic mass is 9.99. The van der Waals surface area contributed by atoms with Crippen molar-refractivity contribution in [2.75, 3.05) is 13.1 Å². The molecule has 1 aromatic carbocycles. The summed E-state index contributed by atoms with van der Waals surface area (Å²) < 4.78 is 1.89. The van der Waals surface area contributed by atoms with Crippen LogP contribution in [0, 0.1) is 12.8 Å². The molecule has 0 amide bonds. The van der Waals surface area contributed by atoms with Crippen LogP contribution >= 0.6 is 0 Å². The molecule has 1 fully saturated rings. The first-order chi connectivity index (χ1) is 8.74. The number of aromatic nitrogens is 2. The van der Waals surface area contributed by atoms with E-state index in [9.17, 15) is 4.79 Å². The van der Waals surface area contributed by atoms with E-state index in [0.29, 0.717) is 5.92 Å². The van der Waals surface area contributed by atoms with Crippen LogP contribution in [0.5, 0.6) is 0 Å². The first kappa shape index (κ1) is 11.5. The number of H-pyrrole nitrogens is 1. The van der Waals surface area contributed by atoms with Gasteiger partial charge in [0.25, 0.3) is 0 Å². The largest absolute Gasteiger partial charge is 0.326 e. The van der Waals surface area contributed by atoms with Crippen molar-refractivity contribution in [3.05, 3.63) is 34.2 Å². The van der Waals surface area contributed by atoms with Crippen LogP contribution in [0.3, 0.4) is 0 Å². The number of imidazole rings is 1. The molecule has 4 nitrogen and oxygen atoms in total. The van der Waals surface area contributed by atoms with Crippen molar-refractivity contribution in [3.63, 3.8) is 0 Å². The van der Waals surface area contributed by atoms with E-state index in [0.717, 1.165) is 30.7 Å². The van der Waals surface area contributed by atoms with Crippen LogP contribution in [-0.4, -0.2) is 22.6 Å². The number of nitrogens with one attached hydrogen (secondary N) is 2.